The van der Waals surface area contributed by atoms with Crippen molar-refractivity contribution in [3.63, 3.8) is 0 Å². The van der Waals surface area contributed by atoms with E-state index in [2.05, 4.69) is 34.5 Å². The van der Waals surface area contributed by atoms with Crippen molar-refractivity contribution in [2.45, 2.75) is 17.0 Å². The molecule has 5 rings (SSSR count). The molecule has 1 atom stereocenters. The highest BCUT2D eigenvalue weighted by molar-refractivity contribution is 8.00. The van der Waals surface area contributed by atoms with E-state index in [0.29, 0.717) is 5.82 Å². The maximum absolute atomic E-state index is 5.91. The number of benzene rings is 3. The van der Waals surface area contributed by atoms with Gasteiger partial charge in [0.2, 0.25) is 5.16 Å². The molecular weight excluding hydrogens is 408 g/mol. The van der Waals surface area contributed by atoms with Crippen LogP contribution >= 0.6 is 11.8 Å². The van der Waals surface area contributed by atoms with Gasteiger partial charge in [0.05, 0.1) is 18.1 Å². The van der Waals surface area contributed by atoms with Crippen molar-refractivity contribution in [1.29, 1.82) is 0 Å². The summed E-state index contributed by atoms with van der Waals surface area (Å²) >= 11 is 1.65. The van der Waals surface area contributed by atoms with Crippen LogP contribution in [0.25, 0.3) is 0 Å². The molecule has 2 heterocycles. The number of rotatable bonds is 6. The second-order valence-corrected chi connectivity index (χ2v) is 8.01. The van der Waals surface area contributed by atoms with Crippen LogP contribution in [-0.4, -0.2) is 27.7 Å². The number of ether oxygens (including phenoxy) is 2. The molecule has 31 heavy (non-hydrogen) atoms. The summed E-state index contributed by atoms with van der Waals surface area (Å²) in [5.41, 5.74) is 3.22. The molecule has 0 unspecified atom stereocenters. The first-order chi connectivity index (χ1) is 15.3. The second-order valence-electron chi connectivity index (χ2n) is 6.93. The molecule has 0 saturated carbocycles. The fourth-order valence-electron chi connectivity index (χ4n) is 3.37. The maximum atomic E-state index is 5.91. The van der Waals surface area contributed by atoms with Crippen molar-refractivity contribution in [2.24, 2.45) is 5.10 Å². The van der Waals surface area contributed by atoms with E-state index in [0.717, 1.165) is 27.9 Å². The van der Waals surface area contributed by atoms with Crippen LogP contribution in [0.3, 0.4) is 0 Å². The molecule has 7 heteroatoms. The summed E-state index contributed by atoms with van der Waals surface area (Å²) in [6.07, 6.45) is 0. The summed E-state index contributed by atoms with van der Waals surface area (Å²) in [7, 11) is 1.64. The lowest BCUT2D eigenvalue weighted by molar-refractivity contribution is 0.289. The lowest BCUT2D eigenvalue weighted by Gasteiger charge is -2.23. The Bertz CT molecular complexity index is 1190. The minimum atomic E-state index is 0.0376. The maximum Gasteiger partial charge on any atom is 0.213 e. The van der Waals surface area contributed by atoms with Gasteiger partial charge >= 0.3 is 0 Å². The first-order valence-corrected chi connectivity index (χ1v) is 10.8. The van der Waals surface area contributed by atoms with E-state index in [4.69, 9.17) is 14.6 Å². The Kier molecular flexibility index (Phi) is 5.41. The van der Waals surface area contributed by atoms with Gasteiger partial charge in [0.1, 0.15) is 18.1 Å². The van der Waals surface area contributed by atoms with Gasteiger partial charge in [0.15, 0.2) is 5.82 Å². The third kappa shape index (κ3) is 4.04. The SMILES string of the molecule is COc1ccc(OCc2nnc3n2N=C(c2ccccc2)[C@H](c2ccccc2)S3)cc1. The second kappa shape index (κ2) is 8.65. The van der Waals surface area contributed by atoms with Gasteiger partial charge < -0.3 is 9.47 Å². The predicted octanol–water partition coefficient (Wildman–Crippen LogP) is 4.97. The Hall–Kier alpha value is -3.58. The van der Waals surface area contributed by atoms with Crippen molar-refractivity contribution in [3.8, 4) is 11.5 Å². The molecule has 4 aromatic rings. The molecule has 0 saturated heterocycles. The molecular formula is C24H20N4O2S. The van der Waals surface area contributed by atoms with E-state index in [1.54, 1.807) is 23.5 Å². The third-order valence-corrected chi connectivity index (χ3v) is 6.15. The summed E-state index contributed by atoms with van der Waals surface area (Å²) in [6.45, 7) is 0.265. The fourth-order valence-corrected chi connectivity index (χ4v) is 4.51. The number of hydrogen-bond donors (Lipinski definition) is 0. The monoisotopic (exact) mass is 428 g/mol. The Balaban J connectivity index is 1.46. The first-order valence-electron chi connectivity index (χ1n) is 9.89. The Morgan fingerprint density at radius 3 is 2.23 bits per heavy atom. The van der Waals surface area contributed by atoms with Crippen LogP contribution in [0.4, 0.5) is 0 Å². The fraction of sp³-hybridized carbons (Fsp3) is 0.125. The van der Waals surface area contributed by atoms with Gasteiger partial charge in [-0.15, -0.1) is 10.2 Å². The normalized spacial score (nSPS) is 15.1. The van der Waals surface area contributed by atoms with Gasteiger partial charge in [0, 0.05) is 0 Å². The minimum absolute atomic E-state index is 0.0376. The minimum Gasteiger partial charge on any atom is -0.497 e. The zero-order chi connectivity index (χ0) is 21.0. The van der Waals surface area contributed by atoms with Crippen LogP contribution in [0.2, 0.25) is 0 Å². The van der Waals surface area contributed by atoms with E-state index in [1.165, 1.54) is 5.56 Å². The highest BCUT2D eigenvalue weighted by Gasteiger charge is 2.30. The standard InChI is InChI=1S/C24H20N4O2S/c1-29-19-12-14-20(15-13-19)30-16-21-25-26-24-28(21)27-22(17-8-4-2-5-9-17)23(31-24)18-10-6-3-7-11-18/h2-15,23H,16H2,1H3/t23-/m0/s1. The van der Waals surface area contributed by atoms with Crippen LogP contribution in [0.15, 0.2) is 95.2 Å². The van der Waals surface area contributed by atoms with E-state index < -0.39 is 0 Å². The van der Waals surface area contributed by atoms with Crippen molar-refractivity contribution >= 4 is 17.5 Å². The molecule has 0 radical (unpaired) electrons. The smallest absolute Gasteiger partial charge is 0.213 e. The summed E-state index contributed by atoms with van der Waals surface area (Å²) in [5, 5.41) is 14.5. The quantitative estimate of drug-likeness (QED) is 0.434. The van der Waals surface area contributed by atoms with Crippen molar-refractivity contribution in [1.82, 2.24) is 14.9 Å². The molecule has 0 fully saturated rings. The summed E-state index contributed by atoms with van der Waals surface area (Å²) < 4.78 is 12.9. The van der Waals surface area contributed by atoms with Crippen molar-refractivity contribution < 1.29 is 9.47 Å². The molecule has 3 aromatic carbocycles. The zero-order valence-electron chi connectivity index (χ0n) is 16.9. The van der Waals surface area contributed by atoms with E-state index in [1.807, 2.05) is 60.7 Å². The Labute approximate surface area is 184 Å². The molecule has 0 bridgehead atoms. The zero-order valence-corrected chi connectivity index (χ0v) is 17.7. The topological polar surface area (TPSA) is 61.5 Å². The van der Waals surface area contributed by atoms with Gasteiger partial charge in [-0.3, -0.25) is 0 Å². The number of thioether (sulfide) groups is 1. The Morgan fingerprint density at radius 2 is 1.52 bits per heavy atom. The first kappa shape index (κ1) is 19.4. The number of hydrogen-bond acceptors (Lipinski definition) is 6. The van der Waals surface area contributed by atoms with Gasteiger partial charge in [-0.1, -0.05) is 72.4 Å². The highest BCUT2D eigenvalue weighted by Crippen LogP contribution is 2.40. The summed E-state index contributed by atoms with van der Waals surface area (Å²) in [5.74, 6) is 2.17. The van der Waals surface area contributed by atoms with Gasteiger partial charge in [-0.05, 0) is 35.4 Å². The van der Waals surface area contributed by atoms with Gasteiger partial charge in [-0.25, -0.2) is 0 Å². The molecule has 0 amide bonds. The molecule has 1 aliphatic rings. The Morgan fingerprint density at radius 1 is 0.839 bits per heavy atom. The number of fused-ring (bicyclic) bond motifs is 1. The van der Waals surface area contributed by atoms with Crippen LogP contribution in [0, 0.1) is 0 Å². The largest absolute Gasteiger partial charge is 0.497 e. The summed E-state index contributed by atoms with van der Waals surface area (Å²) in [4.78, 5) is 0. The van der Waals surface area contributed by atoms with Crippen LogP contribution in [0.1, 0.15) is 22.2 Å². The van der Waals surface area contributed by atoms with E-state index >= 15 is 0 Å². The average Bonchev–Trinajstić information content (AvgIpc) is 3.25. The molecule has 154 valence electrons. The van der Waals surface area contributed by atoms with E-state index in [-0.39, 0.29) is 11.9 Å². The molecule has 0 N–H and O–H groups in total. The molecule has 0 spiro atoms. The van der Waals surface area contributed by atoms with Gasteiger partial charge in [-0.2, -0.15) is 9.78 Å². The van der Waals surface area contributed by atoms with Crippen LogP contribution < -0.4 is 9.47 Å². The molecule has 1 aromatic heterocycles. The molecule has 6 nitrogen and oxygen atoms in total. The lowest BCUT2D eigenvalue weighted by Crippen LogP contribution is -2.19. The number of methoxy groups -OCH3 is 1. The van der Waals surface area contributed by atoms with Crippen LogP contribution in [0.5, 0.6) is 11.5 Å². The van der Waals surface area contributed by atoms with E-state index in [9.17, 15) is 0 Å². The highest BCUT2D eigenvalue weighted by atomic mass is 32.2. The average molecular weight is 429 g/mol. The third-order valence-electron chi connectivity index (χ3n) is 4.96. The van der Waals surface area contributed by atoms with Crippen molar-refractivity contribution in [2.75, 3.05) is 7.11 Å². The van der Waals surface area contributed by atoms with Crippen LogP contribution in [-0.2, 0) is 6.61 Å². The number of nitrogens with zero attached hydrogens (tertiary/aromatic N) is 4. The lowest BCUT2D eigenvalue weighted by atomic mass is 10.0. The van der Waals surface area contributed by atoms with Crippen molar-refractivity contribution in [3.05, 3.63) is 102 Å². The van der Waals surface area contributed by atoms with Gasteiger partial charge in [0.25, 0.3) is 0 Å². The molecule has 1 aliphatic heterocycles. The number of aromatic nitrogens is 3. The molecule has 0 aliphatic carbocycles. The summed E-state index contributed by atoms with van der Waals surface area (Å²) in [6, 6.07) is 28.0. The predicted molar refractivity (Wildman–Crippen MR) is 121 cm³/mol.